The third-order valence-corrected chi connectivity index (χ3v) is 5.31. The van der Waals surface area contributed by atoms with E-state index in [0.717, 1.165) is 10.4 Å². The molecule has 2 heterocycles. The Labute approximate surface area is 175 Å². The molecule has 0 aliphatic heterocycles. The molecule has 5 nitrogen and oxygen atoms in total. The molecule has 30 heavy (non-hydrogen) atoms. The number of nitrogens with zero attached hydrogens (tertiary/aromatic N) is 2. The number of benzene rings is 2. The summed E-state index contributed by atoms with van der Waals surface area (Å²) in [6, 6.07) is 12.3. The van der Waals surface area contributed by atoms with E-state index >= 15 is 0 Å². The van der Waals surface area contributed by atoms with Crippen LogP contribution in [0.4, 0.5) is 13.9 Å². The number of nitrogens with one attached hydrogen (secondary N) is 1. The molecule has 8 heteroatoms. The molecular weight excluding hydrogens is 408 g/mol. The molecule has 0 saturated carbocycles. The number of oxazole rings is 1. The first-order valence-electron chi connectivity index (χ1n) is 9.22. The van der Waals surface area contributed by atoms with Gasteiger partial charge in [-0.15, -0.1) is 11.3 Å². The Balaban J connectivity index is 1.37. The van der Waals surface area contributed by atoms with Gasteiger partial charge in [0.15, 0.2) is 16.8 Å². The van der Waals surface area contributed by atoms with Crippen molar-refractivity contribution in [3.8, 4) is 22.6 Å². The minimum Gasteiger partial charge on any atom is -0.441 e. The van der Waals surface area contributed by atoms with Crippen LogP contribution in [0.15, 0.2) is 59.1 Å². The smallest absolute Gasteiger partial charge is 0.226 e. The Morgan fingerprint density at radius 3 is 2.67 bits per heavy atom. The summed E-state index contributed by atoms with van der Waals surface area (Å²) >= 11 is 1.35. The molecule has 1 amide bonds. The number of carbonyl (C=O) groups excluding carboxylic acids is 1. The summed E-state index contributed by atoms with van der Waals surface area (Å²) in [6.45, 7) is 1.89. The molecule has 0 bridgehead atoms. The molecule has 0 saturated heterocycles. The zero-order chi connectivity index (χ0) is 21.1. The monoisotopic (exact) mass is 425 g/mol. The lowest BCUT2D eigenvalue weighted by Crippen LogP contribution is -2.12. The van der Waals surface area contributed by atoms with Gasteiger partial charge in [-0.25, -0.2) is 18.7 Å². The summed E-state index contributed by atoms with van der Waals surface area (Å²) in [5.41, 5.74) is 1.82. The molecule has 0 aliphatic rings. The Morgan fingerprint density at radius 1 is 1.13 bits per heavy atom. The zero-order valence-corrected chi connectivity index (χ0v) is 16.8. The number of halogens is 2. The summed E-state index contributed by atoms with van der Waals surface area (Å²) in [4.78, 5) is 21.8. The first-order valence-corrected chi connectivity index (χ1v) is 10.0. The van der Waals surface area contributed by atoms with Crippen LogP contribution in [0.5, 0.6) is 0 Å². The predicted molar refractivity (Wildman–Crippen MR) is 111 cm³/mol. The predicted octanol–water partition coefficient (Wildman–Crippen LogP) is 5.62. The lowest BCUT2D eigenvalue weighted by Gasteiger charge is -2.00. The van der Waals surface area contributed by atoms with Crippen LogP contribution in [0.25, 0.3) is 22.6 Å². The Hall–Kier alpha value is -3.39. The maximum atomic E-state index is 13.8. The average Bonchev–Trinajstić information content (AvgIpc) is 3.34. The molecule has 0 unspecified atom stereocenters. The highest BCUT2D eigenvalue weighted by Crippen LogP contribution is 2.30. The minimum atomic E-state index is -0.394. The topological polar surface area (TPSA) is 68.0 Å². The van der Waals surface area contributed by atoms with Gasteiger partial charge < -0.3 is 9.73 Å². The largest absolute Gasteiger partial charge is 0.441 e. The number of rotatable bonds is 6. The molecule has 0 fully saturated rings. The highest BCUT2D eigenvalue weighted by Gasteiger charge is 2.14. The third kappa shape index (κ3) is 4.44. The van der Waals surface area contributed by atoms with Crippen LogP contribution in [-0.2, 0) is 11.2 Å². The van der Waals surface area contributed by atoms with E-state index in [4.69, 9.17) is 4.42 Å². The van der Waals surface area contributed by atoms with Gasteiger partial charge in [-0.1, -0.05) is 12.1 Å². The molecule has 0 radical (unpaired) electrons. The van der Waals surface area contributed by atoms with Crippen molar-refractivity contribution in [2.45, 2.75) is 19.8 Å². The quantitative estimate of drug-likeness (QED) is 0.435. The number of aryl methyl sites for hydroxylation is 2. The zero-order valence-electron chi connectivity index (χ0n) is 16.0. The van der Waals surface area contributed by atoms with Gasteiger partial charge in [-0.3, -0.25) is 4.79 Å². The summed E-state index contributed by atoms with van der Waals surface area (Å²) in [7, 11) is 0. The maximum absolute atomic E-state index is 13.8. The number of hydrogen-bond acceptors (Lipinski definition) is 5. The second-order valence-electron chi connectivity index (χ2n) is 6.58. The molecule has 2 aromatic carbocycles. The van der Waals surface area contributed by atoms with Crippen LogP contribution in [0.2, 0.25) is 0 Å². The van der Waals surface area contributed by atoms with Crippen LogP contribution < -0.4 is 5.32 Å². The number of hydrogen-bond donors (Lipinski definition) is 1. The minimum absolute atomic E-state index is 0.141. The van der Waals surface area contributed by atoms with Gasteiger partial charge in [0.25, 0.3) is 0 Å². The van der Waals surface area contributed by atoms with Crippen molar-refractivity contribution in [1.82, 2.24) is 9.97 Å². The van der Waals surface area contributed by atoms with E-state index in [1.54, 1.807) is 30.3 Å². The lowest BCUT2D eigenvalue weighted by atomic mass is 10.1. The van der Waals surface area contributed by atoms with Crippen molar-refractivity contribution >= 4 is 22.4 Å². The van der Waals surface area contributed by atoms with E-state index in [2.05, 4.69) is 15.3 Å². The number of thiazole rings is 1. The van der Waals surface area contributed by atoms with E-state index in [9.17, 15) is 13.6 Å². The second-order valence-corrected chi connectivity index (χ2v) is 7.78. The van der Waals surface area contributed by atoms with Crippen molar-refractivity contribution in [2.75, 3.05) is 5.32 Å². The van der Waals surface area contributed by atoms with Gasteiger partial charge in [-0.2, -0.15) is 0 Å². The average molecular weight is 425 g/mol. The number of carbonyl (C=O) groups is 1. The maximum Gasteiger partial charge on any atom is 0.226 e. The van der Waals surface area contributed by atoms with E-state index in [-0.39, 0.29) is 24.6 Å². The second kappa shape index (κ2) is 8.54. The highest BCUT2D eigenvalue weighted by atomic mass is 32.1. The summed E-state index contributed by atoms with van der Waals surface area (Å²) in [6.07, 6.45) is 1.86. The van der Waals surface area contributed by atoms with E-state index < -0.39 is 5.82 Å². The van der Waals surface area contributed by atoms with Crippen molar-refractivity contribution in [3.05, 3.63) is 77.1 Å². The molecule has 0 spiro atoms. The molecule has 4 aromatic rings. The molecule has 2 aromatic heterocycles. The Kier molecular flexibility index (Phi) is 5.67. The van der Waals surface area contributed by atoms with Crippen LogP contribution in [-0.4, -0.2) is 15.9 Å². The summed E-state index contributed by atoms with van der Waals surface area (Å²) < 4.78 is 32.5. The van der Waals surface area contributed by atoms with Crippen LogP contribution in [0.1, 0.15) is 17.2 Å². The standard InChI is InChI=1S/C22H17F2N3O2S/c1-13-21(14-6-8-15(23)9-7-14)27-22(30-13)26-19(28)10-11-20-25-12-18(29-20)16-4-2-3-5-17(16)24/h2-9,12H,10-11H2,1H3,(H,26,27,28). The van der Waals surface area contributed by atoms with E-state index in [1.165, 1.54) is 35.7 Å². The summed E-state index contributed by atoms with van der Waals surface area (Å²) in [5, 5.41) is 3.24. The van der Waals surface area contributed by atoms with Crippen molar-refractivity contribution in [2.24, 2.45) is 0 Å². The van der Waals surface area contributed by atoms with Gasteiger partial charge in [0.05, 0.1) is 17.5 Å². The SMILES string of the molecule is Cc1sc(NC(=O)CCc2ncc(-c3ccccc3F)o2)nc1-c1ccc(F)cc1. The van der Waals surface area contributed by atoms with Crippen LogP contribution >= 0.6 is 11.3 Å². The molecule has 0 atom stereocenters. The van der Waals surface area contributed by atoms with Crippen LogP contribution in [0, 0.1) is 18.6 Å². The first-order chi connectivity index (χ1) is 14.5. The van der Waals surface area contributed by atoms with Gasteiger partial charge in [0, 0.05) is 23.3 Å². The van der Waals surface area contributed by atoms with Gasteiger partial charge in [0.2, 0.25) is 5.91 Å². The summed E-state index contributed by atoms with van der Waals surface area (Å²) in [5.74, 6) is -0.271. The van der Waals surface area contributed by atoms with Crippen molar-refractivity contribution in [1.29, 1.82) is 0 Å². The molecule has 152 valence electrons. The Morgan fingerprint density at radius 2 is 1.90 bits per heavy atom. The number of aromatic nitrogens is 2. The lowest BCUT2D eigenvalue weighted by molar-refractivity contribution is -0.116. The normalized spacial score (nSPS) is 10.9. The fourth-order valence-corrected chi connectivity index (χ4v) is 3.79. The molecule has 1 N–H and O–H groups in total. The van der Waals surface area contributed by atoms with Crippen molar-refractivity contribution in [3.63, 3.8) is 0 Å². The van der Waals surface area contributed by atoms with Crippen LogP contribution in [0.3, 0.4) is 0 Å². The molecular formula is C22H17F2N3O2S. The van der Waals surface area contributed by atoms with Crippen molar-refractivity contribution < 1.29 is 18.0 Å². The van der Waals surface area contributed by atoms with E-state index in [1.807, 2.05) is 6.92 Å². The van der Waals surface area contributed by atoms with Gasteiger partial charge >= 0.3 is 0 Å². The Bertz CT molecular complexity index is 1190. The number of anilines is 1. The van der Waals surface area contributed by atoms with E-state index in [0.29, 0.717) is 28.0 Å². The molecule has 0 aliphatic carbocycles. The molecule has 4 rings (SSSR count). The fourth-order valence-electron chi connectivity index (χ4n) is 2.94. The van der Waals surface area contributed by atoms with Gasteiger partial charge in [0.1, 0.15) is 11.6 Å². The highest BCUT2D eigenvalue weighted by molar-refractivity contribution is 7.16. The fraction of sp³-hybridized carbons (Fsp3) is 0.136. The first kappa shape index (κ1) is 19.9. The van der Waals surface area contributed by atoms with Gasteiger partial charge in [-0.05, 0) is 43.3 Å². The third-order valence-electron chi connectivity index (χ3n) is 4.42. The number of amides is 1.